The molecule has 30 heavy (non-hydrogen) atoms. The second-order valence-electron chi connectivity index (χ2n) is 8.73. The zero-order chi connectivity index (χ0) is 20.3. The van der Waals surface area contributed by atoms with Crippen LogP contribution in [-0.4, -0.2) is 37.6 Å². The van der Waals surface area contributed by atoms with Crippen LogP contribution in [0.15, 0.2) is 78.9 Å². The van der Waals surface area contributed by atoms with E-state index in [2.05, 4.69) is 64.4 Å². The zero-order valence-electron chi connectivity index (χ0n) is 17.4. The van der Waals surface area contributed by atoms with Gasteiger partial charge in [-0.3, -0.25) is 4.90 Å². The second kappa shape index (κ2) is 8.61. The van der Waals surface area contributed by atoms with Gasteiger partial charge in [-0.15, -0.1) is 0 Å². The summed E-state index contributed by atoms with van der Waals surface area (Å²) in [5, 5.41) is 0. The Kier molecular flexibility index (Phi) is 5.54. The third-order valence-corrected chi connectivity index (χ3v) is 6.66. The van der Waals surface area contributed by atoms with Gasteiger partial charge in [-0.25, -0.2) is 4.39 Å². The Balaban J connectivity index is 1.18. The summed E-state index contributed by atoms with van der Waals surface area (Å²) in [7, 11) is 0. The van der Waals surface area contributed by atoms with Crippen molar-refractivity contribution >= 4 is 5.69 Å². The fraction of sp³-hybridized carbons (Fsp3) is 0.333. The van der Waals surface area contributed by atoms with Crippen molar-refractivity contribution in [3.63, 3.8) is 0 Å². The van der Waals surface area contributed by atoms with E-state index in [9.17, 15) is 4.39 Å². The zero-order valence-corrected chi connectivity index (χ0v) is 17.4. The first-order valence-electron chi connectivity index (χ1n) is 11.1. The molecule has 2 nitrogen and oxygen atoms in total. The van der Waals surface area contributed by atoms with Gasteiger partial charge in [0.25, 0.3) is 0 Å². The molecule has 1 aliphatic carbocycles. The molecule has 2 fully saturated rings. The highest BCUT2D eigenvalue weighted by molar-refractivity contribution is 5.55. The predicted octanol–water partition coefficient (Wildman–Crippen LogP) is 5.34. The molecular formula is C27H29FN2. The van der Waals surface area contributed by atoms with Gasteiger partial charge in [-0.2, -0.15) is 0 Å². The molecule has 0 bridgehead atoms. The number of nitrogens with zero attached hydrogens (tertiary/aromatic N) is 2. The van der Waals surface area contributed by atoms with Crippen LogP contribution in [0.1, 0.15) is 29.0 Å². The van der Waals surface area contributed by atoms with Gasteiger partial charge in [0.1, 0.15) is 5.82 Å². The maximum atomic E-state index is 13.2. The van der Waals surface area contributed by atoms with Gasteiger partial charge in [0.2, 0.25) is 0 Å². The van der Waals surface area contributed by atoms with Crippen molar-refractivity contribution in [1.29, 1.82) is 0 Å². The minimum atomic E-state index is -0.173. The van der Waals surface area contributed by atoms with E-state index in [0.29, 0.717) is 0 Å². The Morgan fingerprint density at radius 2 is 1.47 bits per heavy atom. The first-order chi connectivity index (χ1) is 14.8. The lowest BCUT2D eigenvalue weighted by Crippen LogP contribution is -2.47. The van der Waals surface area contributed by atoms with E-state index in [-0.39, 0.29) is 5.82 Å². The first kappa shape index (κ1) is 19.3. The predicted molar refractivity (Wildman–Crippen MR) is 122 cm³/mol. The number of rotatable bonds is 6. The van der Waals surface area contributed by atoms with Crippen LogP contribution < -0.4 is 4.90 Å². The molecule has 5 rings (SSSR count). The SMILES string of the molecule is Fc1ccc(Cc2ccccc2N2CCN(CC3CC3c3ccccc3)CC2)cc1. The van der Waals surface area contributed by atoms with Gasteiger partial charge in [-0.1, -0.05) is 60.7 Å². The van der Waals surface area contributed by atoms with Crippen LogP contribution in [0.5, 0.6) is 0 Å². The summed E-state index contributed by atoms with van der Waals surface area (Å²) in [5.74, 6) is 1.42. The third-order valence-electron chi connectivity index (χ3n) is 6.66. The van der Waals surface area contributed by atoms with Crippen molar-refractivity contribution in [3.05, 3.63) is 101 Å². The third kappa shape index (κ3) is 4.41. The Bertz CT molecular complexity index is 962. The number of anilines is 1. The number of hydrogen-bond donors (Lipinski definition) is 0. The summed E-state index contributed by atoms with van der Waals surface area (Å²) in [4.78, 5) is 5.17. The minimum Gasteiger partial charge on any atom is -0.369 e. The first-order valence-corrected chi connectivity index (χ1v) is 11.1. The molecule has 2 unspecified atom stereocenters. The largest absolute Gasteiger partial charge is 0.369 e. The fourth-order valence-corrected chi connectivity index (χ4v) is 4.85. The highest BCUT2D eigenvalue weighted by Crippen LogP contribution is 2.47. The van der Waals surface area contributed by atoms with E-state index < -0.39 is 0 Å². The second-order valence-corrected chi connectivity index (χ2v) is 8.73. The number of hydrogen-bond acceptors (Lipinski definition) is 2. The van der Waals surface area contributed by atoms with Gasteiger partial charge in [0.05, 0.1) is 0 Å². The Labute approximate surface area is 179 Å². The molecule has 154 valence electrons. The molecule has 0 N–H and O–H groups in total. The van der Waals surface area contributed by atoms with E-state index in [1.165, 1.54) is 29.8 Å². The molecule has 2 atom stereocenters. The molecule has 0 aromatic heterocycles. The van der Waals surface area contributed by atoms with Crippen LogP contribution >= 0.6 is 0 Å². The highest BCUT2D eigenvalue weighted by Gasteiger charge is 2.39. The van der Waals surface area contributed by atoms with Crippen molar-refractivity contribution in [2.45, 2.75) is 18.8 Å². The van der Waals surface area contributed by atoms with E-state index in [4.69, 9.17) is 0 Å². The summed E-state index contributed by atoms with van der Waals surface area (Å²) in [6.45, 7) is 5.63. The molecule has 1 heterocycles. The Morgan fingerprint density at radius 3 is 2.23 bits per heavy atom. The summed E-state index contributed by atoms with van der Waals surface area (Å²) < 4.78 is 13.2. The number of para-hydroxylation sites is 1. The Morgan fingerprint density at radius 1 is 0.767 bits per heavy atom. The molecule has 3 aromatic rings. The lowest BCUT2D eigenvalue weighted by Gasteiger charge is -2.37. The number of piperazine rings is 1. The van der Waals surface area contributed by atoms with Gasteiger partial charge in [0, 0.05) is 38.4 Å². The molecule has 0 spiro atoms. The highest BCUT2D eigenvalue weighted by atomic mass is 19.1. The summed E-state index contributed by atoms with van der Waals surface area (Å²) in [5.41, 5.74) is 5.32. The molecule has 1 aliphatic heterocycles. The fourth-order valence-electron chi connectivity index (χ4n) is 4.85. The van der Waals surface area contributed by atoms with Crippen LogP contribution in [-0.2, 0) is 6.42 Å². The summed E-state index contributed by atoms with van der Waals surface area (Å²) >= 11 is 0. The molecule has 1 saturated heterocycles. The average Bonchev–Trinajstić information content (AvgIpc) is 3.56. The maximum absolute atomic E-state index is 13.2. The molecular weight excluding hydrogens is 371 g/mol. The van der Waals surface area contributed by atoms with E-state index >= 15 is 0 Å². The van der Waals surface area contributed by atoms with Gasteiger partial charge in [-0.05, 0) is 59.6 Å². The topological polar surface area (TPSA) is 6.48 Å². The van der Waals surface area contributed by atoms with Crippen LogP contribution in [0.4, 0.5) is 10.1 Å². The molecule has 3 heteroatoms. The van der Waals surface area contributed by atoms with Crippen molar-refractivity contribution in [2.24, 2.45) is 5.92 Å². The Hall–Kier alpha value is -2.65. The van der Waals surface area contributed by atoms with E-state index in [1.807, 2.05) is 12.1 Å². The van der Waals surface area contributed by atoms with Gasteiger partial charge >= 0.3 is 0 Å². The van der Waals surface area contributed by atoms with E-state index in [0.717, 1.165) is 50.0 Å². The molecule has 3 aromatic carbocycles. The van der Waals surface area contributed by atoms with Crippen molar-refractivity contribution in [1.82, 2.24) is 4.90 Å². The van der Waals surface area contributed by atoms with Crippen LogP contribution in [0.3, 0.4) is 0 Å². The van der Waals surface area contributed by atoms with Crippen LogP contribution in [0, 0.1) is 11.7 Å². The minimum absolute atomic E-state index is 0.173. The number of halogens is 1. The van der Waals surface area contributed by atoms with Crippen LogP contribution in [0.2, 0.25) is 0 Å². The monoisotopic (exact) mass is 400 g/mol. The molecule has 1 saturated carbocycles. The smallest absolute Gasteiger partial charge is 0.123 e. The van der Waals surface area contributed by atoms with Crippen LogP contribution in [0.25, 0.3) is 0 Å². The number of benzene rings is 3. The quantitative estimate of drug-likeness (QED) is 0.551. The van der Waals surface area contributed by atoms with Crippen molar-refractivity contribution < 1.29 is 4.39 Å². The normalized spacial score (nSPS) is 21.6. The van der Waals surface area contributed by atoms with Gasteiger partial charge < -0.3 is 4.90 Å². The molecule has 0 amide bonds. The van der Waals surface area contributed by atoms with E-state index in [1.54, 1.807) is 12.1 Å². The molecule has 0 radical (unpaired) electrons. The maximum Gasteiger partial charge on any atom is 0.123 e. The lowest BCUT2D eigenvalue weighted by atomic mass is 10.0. The summed E-state index contributed by atoms with van der Waals surface area (Å²) in [6.07, 6.45) is 2.18. The molecule has 2 aliphatic rings. The summed E-state index contributed by atoms with van der Waals surface area (Å²) in [6, 6.07) is 26.6. The van der Waals surface area contributed by atoms with Crippen molar-refractivity contribution in [2.75, 3.05) is 37.6 Å². The van der Waals surface area contributed by atoms with Gasteiger partial charge in [0.15, 0.2) is 0 Å². The average molecular weight is 401 g/mol. The van der Waals surface area contributed by atoms with Crippen molar-refractivity contribution in [3.8, 4) is 0 Å². The lowest BCUT2D eigenvalue weighted by molar-refractivity contribution is 0.246. The standard InChI is InChI=1S/C27H29FN2/c28-25-12-10-21(11-13-25)18-23-8-4-5-9-27(23)30-16-14-29(15-17-30)20-24-19-26(24)22-6-2-1-3-7-22/h1-13,24,26H,14-20H2.